The maximum atomic E-state index is 11.5. The predicted molar refractivity (Wildman–Crippen MR) is 69.3 cm³/mol. The summed E-state index contributed by atoms with van der Waals surface area (Å²) in [6.07, 6.45) is 0. The highest BCUT2D eigenvalue weighted by atomic mass is 16.5. The van der Waals surface area contributed by atoms with Crippen LogP contribution in [0.15, 0.2) is 12.1 Å². The Bertz CT molecular complexity index is 470. The molecular weight excluding hydrogens is 248 g/mol. The number of piperazine rings is 1. The predicted octanol–water partition coefficient (Wildman–Crippen LogP) is 0.290. The molecule has 1 aliphatic rings. The molecule has 1 aliphatic heterocycles. The van der Waals surface area contributed by atoms with E-state index < -0.39 is 5.97 Å². The molecule has 1 fully saturated rings. The van der Waals surface area contributed by atoms with Crippen LogP contribution in [-0.4, -0.2) is 54.4 Å². The number of hydrogen-bond donors (Lipinski definition) is 3. The van der Waals surface area contributed by atoms with Gasteiger partial charge in [0.15, 0.2) is 0 Å². The first-order valence-electron chi connectivity index (χ1n) is 6.18. The Morgan fingerprint density at radius 3 is 2.63 bits per heavy atom. The Morgan fingerprint density at radius 1 is 1.32 bits per heavy atom. The number of ether oxygens (including phenoxy) is 1. The standard InChI is InChI=1S/C13H18N2O4/c1-19-13(18)10-6-9(11(16)7-12(10)17)8-15-4-2-14-3-5-15/h6-7,14,16-17H,2-5,8H2,1H3. The van der Waals surface area contributed by atoms with Crippen LogP contribution >= 0.6 is 0 Å². The summed E-state index contributed by atoms with van der Waals surface area (Å²) >= 11 is 0. The van der Waals surface area contributed by atoms with Crippen molar-refractivity contribution in [3.8, 4) is 11.5 Å². The van der Waals surface area contributed by atoms with E-state index in [1.807, 2.05) is 0 Å². The first-order valence-corrected chi connectivity index (χ1v) is 6.18. The van der Waals surface area contributed by atoms with Gasteiger partial charge in [-0.05, 0) is 6.07 Å². The van der Waals surface area contributed by atoms with Crippen LogP contribution in [0.1, 0.15) is 15.9 Å². The average molecular weight is 266 g/mol. The van der Waals surface area contributed by atoms with Gasteiger partial charge in [-0.2, -0.15) is 0 Å². The summed E-state index contributed by atoms with van der Waals surface area (Å²) < 4.78 is 4.60. The Labute approximate surface area is 111 Å². The molecule has 2 rings (SSSR count). The number of phenolic OH excluding ortho intramolecular Hbond substituents is 2. The number of nitrogens with one attached hydrogen (secondary N) is 1. The summed E-state index contributed by atoms with van der Waals surface area (Å²) in [6.45, 7) is 4.12. The molecule has 0 amide bonds. The van der Waals surface area contributed by atoms with Gasteiger partial charge in [0, 0.05) is 44.4 Å². The Kier molecular flexibility index (Phi) is 4.24. The molecule has 1 aromatic carbocycles. The largest absolute Gasteiger partial charge is 0.507 e. The van der Waals surface area contributed by atoms with Crippen LogP contribution in [0.25, 0.3) is 0 Å². The third-order valence-corrected chi connectivity index (χ3v) is 3.21. The van der Waals surface area contributed by atoms with E-state index in [9.17, 15) is 15.0 Å². The fraction of sp³-hybridized carbons (Fsp3) is 0.462. The number of carbonyl (C=O) groups excluding carboxylic acids is 1. The van der Waals surface area contributed by atoms with E-state index in [0.29, 0.717) is 12.1 Å². The van der Waals surface area contributed by atoms with Gasteiger partial charge >= 0.3 is 5.97 Å². The van der Waals surface area contributed by atoms with Crippen LogP contribution in [0, 0.1) is 0 Å². The van der Waals surface area contributed by atoms with Crippen LogP contribution in [0.5, 0.6) is 11.5 Å². The minimum absolute atomic E-state index is 0.0105. The number of nitrogens with zero attached hydrogens (tertiary/aromatic N) is 1. The van der Waals surface area contributed by atoms with Gasteiger partial charge in [-0.15, -0.1) is 0 Å². The SMILES string of the molecule is COC(=O)c1cc(CN2CCNCC2)c(O)cc1O. The number of benzene rings is 1. The fourth-order valence-electron chi connectivity index (χ4n) is 2.13. The van der Waals surface area contributed by atoms with E-state index in [-0.39, 0.29) is 17.1 Å². The average Bonchev–Trinajstić information content (AvgIpc) is 2.42. The molecule has 0 spiro atoms. The molecule has 104 valence electrons. The highest BCUT2D eigenvalue weighted by molar-refractivity contribution is 5.92. The summed E-state index contributed by atoms with van der Waals surface area (Å²) in [7, 11) is 1.25. The number of methoxy groups -OCH3 is 1. The molecule has 0 aliphatic carbocycles. The fourth-order valence-corrected chi connectivity index (χ4v) is 2.13. The van der Waals surface area contributed by atoms with E-state index in [2.05, 4.69) is 15.0 Å². The zero-order valence-corrected chi connectivity index (χ0v) is 10.8. The third kappa shape index (κ3) is 3.15. The van der Waals surface area contributed by atoms with Gasteiger partial charge < -0.3 is 20.3 Å². The van der Waals surface area contributed by atoms with E-state index in [4.69, 9.17) is 0 Å². The molecule has 1 saturated heterocycles. The second-order valence-corrected chi connectivity index (χ2v) is 4.52. The minimum atomic E-state index is -0.612. The number of aromatic hydroxyl groups is 2. The summed E-state index contributed by atoms with van der Waals surface area (Å²) in [4.78, 5) is 13.7. The Morgan fingerprint density at radius 2 is 2.00 bits per heavy atom. The molecule has 0 aromatic heterocycles. The lowest BCUT2D eigenvalue weighted by Crippen LogP contribution is -2.42. The lowest BCUT2D eigenvalue weighted by Gasteiger charge is -2.27. The van der Waals surface area contributed by atoms with Gasteiger partial charge in [-0.25, -0.2) is 4.79 Å². The molecule has 0 radical (unpaired) electrons. The number of esters is 1. The van der Waals surface area contributed by atoms with Gasteiger partial charge in [-0.3, -0.25) is 4.90 Å². The molecule has 1 heterocycles. The molecule has 19 heavy (non-hydrogen) atoms. The molecule has 0 atom stereocenters. The number of hydrogen-bond acceptors (Lipinski definition) is 6. The maximum absolute atomic E-state index is 11.5. The van der Waals surface area contributed by atoms with Crippen molar-refractivity contribution < 1.29 is 19.7 Å². The third-order valence-electron chi connectivity index (χ3n) is 3.21. The molecule has 0 saturated carbocycles. The normalized spacial score (nSPS) is 16.3. The van der Waals surface area contributed by atoms with E-state index in [0.717, 1.165) is 26.2 Å². The van der Waals surface area contributed by atoms with Gasteiger partial charge in [0.1, 0.15) is 17.1 Å². The van der Waals surface area contributed by atoms with Crippen molar-refractivity contribution in [2.24, 2.45) is 0 Å². The van der Waals surface area contributed by atoms with Crippen molar-refractivity contribution in [2.45, 2.75) is 6.54 Å². The molecule has 6 heteroatoms. The molecule has 6 nitrogen and oxygen atoms in total. The van der Waals surface area contributed by atoms with Crippen LogP contribution in [0.4, 0.5) is 0 Å². The van der Waals surface area contributed by atoms with Crippen molar-refractivity contribution in [3.05, 3.63) is 23.3 Å². The van der Waals surface area contributed by atoms with Crippen molar-refractivity contribution in [1.29, 1.82) is 0 Å². The summed E-state index contributed by atoms with van der Waals surface area (Å²) in [5.41, 5.74) is 0.686. The summed E-state index contributed by atoms with van der Waals surface area (Å²) in [6, 6.07) is 2.67. The van der Waals surface area contributed by atoms with Crippen LogP contribution in [0.2, 0.25) is 0 Å². The molecular formula is C13H18N2O4. The van der Waals surface area contributed by atoms with Gasteiger partial charge in [0.25, 0.3) is 0 Å². The zero-order valence-electron chi connectivity index (χ0n) is 10.8. The highest BCUT2D eigenvalue weighted by Crippen LogP contribution is 2.28. The molecule has 0 bridgehead atoms. The number of carbonyl (C=O) groups is 1. The van der Waals surface area contributed by atoms with E-state index in [1.165, 1.54) is 19.2 Å². The minimum Gasteiger partial charge on any atom is -0.507 e. The lowest BCUT2D eigenvalue weighted by atomic mass is 10.1. The van der Waals surface area contributed by atoms with E-state index in [1.54, 1.807) is 0 Å². The zero-order chi connectivity index (χ0) is 13.8. The van der Waals surface area contributed by atoms with Crippen LogP contribution in [-0.2, 0) is 11.3 Å². The molecule has 0 unspecified atom stereocenters. The van der Waals surface area contributed by atoms with Crippen molar-refractivity contribution in [2.75, 3.05) is 33.3 Å². The quantitative estimate of drug-likeness (QED) is 0.682. The first kappa shape index (κ1) is 13.6. The first-order chi connectivity index (χ1) is 9.11. The number of phenols is 2. The smallest absolute Gasteiger partial charge is 0.341 e. The van der Waals surface area contributed by atoms with Crippen LogP contribution in [0.3, 0.4) is 0 Å². The second kappa shape index (κ2) is 5.90. The second-order valence-electron chi connectivity index (χ2n) is 4.52. The van der Waals surface area contributed by atoms with Crippen molar-refractivity contribution >= 4 is 5.97 Å². The highest BCUT2D eigenvalue weighted by Gasteiger charge is 2.18. The lowest BCUT2D eigenvalue weighted by molar-refractivity contribution is 0.0597. The summed E-state index contributed by atoms with van der Waals surface area (Å²) in [5.74, 6) is -0.892. The van der Waals surface area contributed by atoms with Crippen molar-refractivity contribution in [3.63, 3.8) is 0 Å². The van der Waals surface area contributed by atoms with Gasteiger partial charge in [0.2, 0.25) is 0 Å². The van der Waals surface area contributed by atoms with E-state index >= 15 is 0 Å². The maximum Gasteiger partial charge on any atom is 0.341 e. The van der Waals surface area contributed by atoms with Gasteiger partial charge in [-0.1, -0.05) is 0 Å². The Hall–Kier alpha value is -1.79. The Balaban J connectivity index is 2.21. The number of rotatable bonds is 3. The molecule has 3 N–H and O–H groups in total. The molecule has 1 aromatic rings. The van der Waals surface area contributed by atoms with Crippen molar-refractivity contribution in [1.82, 2.24) is 10.2 Å². The van der Waals surface area contributed by atoms with Gasteiger partial charge in [0.05, 0.1) is 7.11 Å². The summed E-state index contributed by atoms with van der Waals surface area (Å²) in [5, 5.41) is 22.7. The monoisotopic (exact) mass is 266 g/mol. The topological polar surface area (TPSA) is 82.0 Å². The van der Waals surface area contributed by atoms with Crippen LogP contribution < -0.4 is 5.32 Å².